The van der Waals surface area contributed by atoms with Crippen molar-refractivity contribution in [2.24, 2.45) is 0 Å². The minimum atomic E-state index is -1.13. The summed E-state index contributed by atoms with van der Waals surface area (Å²) >= 11 is 8.39. The van der Waals surface area contributed by atoms with Crippen molar-refractivity contribution >= 4 is 33.5 Å². The van der Waals surface area contributed by atoms with Gasteiger partial charge in [-0.15, -0.1) is 0 Å². The highest BCUT2D eigenvalue weighted by molar-refractivity contribution is 9.10. The standard InChI is InChI=1S/C5H2BrClO3/c6-4-2(7)1-3(10-4)5(8)9/h1H,(H,8,9). The quantitative estimate of drug-likeness (QED) is 0.798. The van der Waals surface area contributed by atoms with Crippen LogP contribution < -0.4 is 0 Å². The van der Waals surface area contributed by atoms with Crippen LogP contribution in [-0.4, -0.2) is 11.1 Å². The second-order valence-electron chi connectivity index (χ2n) is 1.54. The Morgan fingerprint density at radius 3 is 2.60 bits per heavy atom. The van der Waals surface area contributed by atoms with Crippen LogP contribution in [0.5, 0.6) is 0 Å². The molecule has 0 saturated heterocycles. The molecule has 3 nitrogen and oxygen atoms in total. The first-order valence-corrected chi connectivity index (χ1v) is 3.46. The largest absolute Gasteiger partial charge is 0.475 e. The van der Waals surface area contributed by atoms with Crippen molar-refractivity contribution in [3.63, 3.8) is 0 Å². The van der Waals surface area contributed by atoms with Gasteiger partial charge in [0.25, 0.3) is 0 Å². The first-order valence-electron chi connectivity index (χ1n) is 2.29. The number of carboxylic acids is 1. The number of carboxylic acid groups (broad SMARTS) is 1. The molecule has 0 saturated carbocycles. The molecule has 1 N–H and O–H groups in total. The lowest BCUT2D eigenvalue weighted by molar-refractivity contribution is 0.0661. The Bertz CT molecular complexity index is 248. The van der Waals surface area contributed by atoms with Crippen molar-refractivity contribution in [3.05, 3.63) is 21.5 Å². The van der Waals surface area contributed by atoms with Gasteiger partial charge in [0.2, 0.25) is 5.76 Å². The van der Waals surface area contributed by atoms with Crippen molar-refractivity contribution in [2.45, 2.75) is 0 Å². The first kappa shape index (κ1) is 7.63. The monoisotopic (exact) mass is 224 g/mol. The zero-order chi connectivity index (χ0) is 7.72. The van der Waals surface area contributed by atoms with Crippen LogP contribution in [0.1, 0.15) is 10.6 Å². The molecule has 0 fully saturated rings. The van der Waals surface area contributed by atoms with Gasteiger partial charge in [0.15, 0.2) is 4.67 Å². The van der Waals surface area contributed by atoms with E-state index in [-0.39, 0.29) is 15.5 Å². The predicted molar refractivity (Wildman–Crippen MR) is 38.4 cm³/mol. The fourth-order valence-corrected chi connectivity index (χ4v) is 0.879. The highest BCUT2D eigenvalue weighted by Gasteiger charge is 2.11. The molecule has 0 aromatic carbocycles. The van der Waals surface area contributed by atoms with E-state index in [1.165, 1.54) is 6.07 Å². The molecule has 1 aromatic heterocycles. The van der Waals surface area contributed by atoms with E-state index in [1.807, 2.05) is 0 Å². The number of carbonyl (C=O) groups is 1. The van der Waals surface area contributed by atoms with Gasteiger partial charge in [-0.1, -0.05) is 11.6 Å². The van der Waals surface area contributed by atoms with Crippen LogP contribution in [-0.2, 0) is 0 Å². The third-order valence-corrected chi connectivity index (χ3v) is 1.95. The SMILES string of the molecule is O=C(O)c1cc(Cl)c(Br)o1. The molecule has 0 amide bonds. The number of halogens is 2. The molecular formula is C5H2BrClO3. The van der Waals surface area contributed by atoms with Crippen LogP contribution in [0.2, 0.25) is 5.02 Å². The van der Waals surface area contributed by atoms with E-state index in [9.17, 15) is 4.79 Å². The average molecular weight is 225 g/mol. The van der Waals surface area contributed by atoms with Crippen molar-refractivity contribution in [1.29, 1.82) is 0 Å². The summed E-state index contributed by atoms with van der Waals surface area (Å²) in [5, 5.41) is 8.61. The lowest BCUT2D eigenvalue weighted by Gasteiger charge is -1.81. The molecule has 5 heteroatoms. The third kappa shape index (κ3) is 1.33. The normalized spacial score (nSPS) is 9.80. The predicted octanol–water partition coefficient (Wildman–Crippen LogP) is 2.39. The maximum absolute atomic E-state index is 10.2. The smallest absolute Gasteiger partial charge is 0.371 e. The molecular weight excluding hydrogens is 223 g/mol. The lowest BCUT2D eigenvalue weighted by Crippen LogP contribution is -1.91. The molecule has 0 spiro atoms. The Balaban J connectivity index is 3.10. The van der Waals surface area contributed by atoms with Gasteiger partial charge in [-0.3, -0.25) is 0 Å². The Kier molecular flexibility index (Phi) is 2.01. The molecule has 1 rings (SSSR count). The average Bonchev–Trinajstić information content (AvgIpc) is 2.13. The van der Waals surface area contributed by atoms with E-state index < -0.39 is 5.97 Å². The first-order chi connectivity index (χ1) is 4.61. The second kappa shape index (κ2) is 2.64. The number of furan rings is 1. The molecule has 1 heterocycles. The van der Waals surface area contributed by atoms with Gasteiger partial charge in [-0.05, 0) is 15.9 Å². The van der Waals surface area contributed by atoms with E-state index in [0.29, 0.717) is 0 Å². The summed E-state index contributed by atoms with van der Waals surface area (Å²) in [6.07, 6.45) is 0. The summed E-state index contributed by atoms with van der Waals surface area (Å²) in [5.74, 6) is -1.30. The highest BCUT2D eigenvalue weighted by Crippen LogP contribution is 2.25. The maximum Gasteiger partial charge on any atom is 0.371 e. The molecule has 1 aromatic rings. The lowest BCUT2D eigenvalue weighted by atomic mass is 10.5. The van der Waals surface area contributed by atoms with Gasteiger partial charge in [-0.2, -0.15) is 0 Å². The summed E-state index contributed by atoms with van der Waals surface area (Å²) in [5.41, 5.74) is 0. The molecule has 0 atom stereocenters. The van der Waals surface area contributed by atoms with Crippen LogP contribution in [0.4, 0.5) is 0 Å². The summed E-state index contributed by atoms with van der Waals surface area (Å²) in [4.78, 5) is 10.2. The number of hydrogen-bond donors (Lipinski definition) is 1. The fourth-order valence-electron chi connectivity index (χ4n) is 0.452. The number of aromatic carboxylic acids is 1. The van der Waals surface area contributed by atoms with E-state index in [4.69, 9.17) is 16.7 Å². The van der Waals surface area contributed by atoms with Gasteiger partial charge in [0, 0.05) is 6.07 Å². The minimum Gasteiger partial charge on any atom is -0.475 e. The summed E-state index contributed by atoms with van der Waals surface area (Å²) in [7, 11) is 0. The molecule has 0 unspecified atom stereocenters. The van der Waals surface area contributed by atoms with Crippen LogP contribution in [0.15, 0.2) is 15.2 Å². The van der Waals surface area contributed by atoms with Crippen LogP contribution >= 0.6 is 27.5 Å². The highest BCUT2D eigenvalue weighted by atomic mass is 79.9. The van der Waals surface area contributed by atoms with E-state index in [0.717, 1.165) is 0 Å². The Morgan fingerprint density at radius 2 is 2.40 bits per heavy atom. The minimum absolute atomic E-state index is 0.170. The van der Waals surface area contributed by atoms with E-state index in [1.54, 1.807) is 0 Å². The summed E-state index contributed by atoms with van der Waals surface area (Å²) < 4.78 is 4.90. The molecule has 0 aliphatic rings. The van der Waals surface area contributed by atoms with Gasteiger partial charge in [0.1, 0.15) is 0 Å². The van der Waals surface area contributed by atoms with Crippen molar-refractivity contribution in [1.82, 2.24) is 0 Å². The number of rotatable bonds is 1. The molecule has 54 valence electrons. The maximum atomic E-state index is 10.2. The zero-order valence-corrected chi connectivity index (χ0v) is 6.94. The van der Waals surface area contributed by atoms with Gasteiger partial charge in [0.05, 0.1) is 5.02 Å². The van der Waals surface area contributed by atoms with Crippen LogP contribution in [0, 0.1) is 0 Å². The van der Waals surface area contributed by atoms with Crippen LogP contribution in [0.25, 0.3) is 0 Å². The van der Waals surface area contributed by atoms with Crippen molar-refractivity contribution in [2.75, 3.05) is 0 Å². The van der Waals surface area contributed by atoms with Crippen molar-refractivity contribution < 1.29 is 14.3 Å². The fraction of sp³-hybridized carbons (Fsp3) is 0. The van der Waals surface area contributed by atoms with Gasteiger partial charge < -0.3 is 9.52 Å². The van der Waals surface area contributed by atoms with Crippen LogP contribution in [0.3, 0.4) is 0 Å². The topological polar surface area (TPSA) is 50.4 Å². The molecule has 0 aliphatic carbocycles. The van der Waals surface area contributed by atoms with Gasteiger partial charge >= 0.3 is 5.97 Å². The van der Waals surface area contributed by atoms with Gasteiger partial charge in [-0.25, -0.2) is 4.79 Å². The Labute approximate surface area is 69.7 Å². The molecule has 10 heavy (non-hydrogen) atoms. The summed E-state index contributed by atoms with van der Waals surface area (Å²) in [6.45, 7) is 0. The molecule has 0 aliphatic heterocycles. The molecule has 0 radical (unpaired) electrons. The zero-order valence-electron chi connectivity index (χ0n) is 4.60. The van der Waals surface area contributed by atoms with E-state index >= 15 is 0 Å². The molecule has 0 bridgehead atoms. The summed E-state index contributed by atoms with van der Waals surface area (Å²) in [6, 6.07) is 1.23. The van der Waals surface area contributed by atoms with Crippen molar-refractivity contribution in [3.8, 4) is 0 Å². The third-order valence-electron chi connectivity index (χ3n) is 0.856. The van der Waals surface area contributed by atoms with E-state index in [2.05, 4.69) is 20.3 Å². The Morgan fingerprint density at radius 1 is 1.80 bits per heavy atom. The number of hydrogen-bond acceptors (Lipinski definition) is 2. The second-order valence-corrected chi connectivity index (χ2v) is 2.66. The Hall–Kier alpha value is -0.480.